The van der Waals surface area contributed by atoms with Crippen molar-refractivity contribution in [3.8, 4) is 0 Å². The maximum absolute atomic E-state index is 11.0. The molecule has 0 fully saturated rings. The molecule has 0 saturated heterocycles. The zero-order valence-corrected chi connectivity index (χ0v) is 9.65. The van der Waals surface area contributed by atoms with Crippen molar-refractivity contribution < 1.29 is 20.1 Å². The van der Waals surface area contributed by atoms with Crippen LogP contribution in [0.25, 0.3) is 0 Å². The third-order valence-corrected chi connectivity index (χ3v) is 2.20. The molecule has 0 spiro atoms. The van der Waals surface area contributed by atoms with Gasteiger partial charge in [-0.2, -0.15) is 0 Å². The zero-order valence-electron chi connectivity index (χ0n) is 9.65. The van der Waals surface area contributed by atoms with Crippen molar-refractivity contribution in [3.05, 3.63) is 0 Å². The molecule has 0 aliphatic rings. The molecular formula is C10H22N2O4. The summed E-state index contributed by atoms with van der Waals surface area (Å²) in [6.07, 6.45) is -0.538. The Labute approximate surface area is 95.7 Å². The van der Waals surface area contributed by atoms with Crippen LogP contribution >= 0.6 is 0 Å². The van der Waals surface area contributed by atoms with E-state index >= 15 is 0 Å². The highest BCUT2D eigenvalue weighted by molar-refractivity contribution is 5.77. The quantitative estimate of drug-likeness (QED) is 0.303. The molecule has 0 aliphatic heterocycles. The normalized spacial score (nSPS) is 14.5. The van der Waals surface area contributed by atoms with E-state index in [4.69, 9.17) is 5.11 Å². The van der Waals surface area contributed by atoms with Crippen LogP contribution in [0.15, 0.2) is 0 Å². The van der Waals surface area contributed by atoms with Crippen molar-refractivity contribution >= 4 is 5.91 Å². The average Bonchev–Trinajstić information content (AvgIpc) is 2.30. The van der Waals surface area contributed by atoms with Gasteiger partial charge in [0.05, 0.1) is 25.4 Å². The molecule has 1 amide bonds. The summed E-state index contributed by atoms with van der Waals surface area (Å²) in [6.45, 7) is 2.58. The Kier molecular flexibility index (Phi) is 9.12. The first-order valence-electron chi connectivity index (χ1n) is 5.56. The lowest BCUT2D eigenvalue weighted by atomic mass is 10.1. The fraction of sp³-hybridized carbons (Fsp3) is 0.900. The lowest BCUT2D eigenvalue weighted by Gasteiger charge is -2.15. The van der Waals surface area contributed by atoms with Gasteiger partial charge in [0.2, 0.25) is 5.91 Å². The van der Waals surface area contributed by atoms with Crippen molar-refractivity contribution in [1.82, 2.24) is 10.6 Å². The van der Waals surface area contributed by atoms with Gasteiger partial charge in [-0.25, -0.2) is 0 Å². The Bertz CT molecular complexity index is 190. The van der Waals surface area contributed by atoms with Crippen LogP contribution in [0.5, 0.6) is 0 Å². The molecule has 0 aromatic rings. The number of amides is 1. The second-order valence-electron chi connectivity index (χ2n) is 3.58. The largest absolute Gasteiger partial charge is 0.395 e. The van der Waals surface area contributed by atoms with Crippen LogP contribution < -0.4 is 10.6 Å². The summed E-state index contributed by atoms with van der Waals surface area (Å²) in [6, 6.07) is 0. The molecule has 0 heterocycles. The second-order valence-corrected chi connectivity index (χ2v) is 3.58. The van der Waals surface area contributed by atoms with Gasteiger partial charge in [0.15, 0.2) is 0 Å². The standard InChI is InChI=1S/C10H22N2O4/c1-2-8(14)9(15)3-4-11-7-10(16)12-5-6-13/h8-9,11,13-15H,2-7H2,1H3,(H,12,16). The van der Waals surface area contributed by atoms with Gasteiger partial charge in [-0.15, -0.1) is 0 Å². The van der Waals surface area contributed by atoms with Gasteiger partial charge >= 0.3 is 0 Å². The maximum atomic E-state index is 11.0. The van der Waals surface area contributed by atoms with Crippen molar-refractivity contribution in [1.29, 1.82) is 0 Å². The van der Waals surface area contributed by atoms with E-state index in [-0.39, 0.29) is 25.6 Å². The highest BCUT2D eigenvalue weighted by Gasteiger charge is 2.13. The van der Waals surface area contributed by atoms with Gasteiger partial charge in [-0.1, -0.05) is 6.92 Å². The number of aliphatic hydroxyl groups is 3. The summed E-state index contributed by atoms with van der Waals surface area (Å²) in [7, 11) is 0. The van der Waals surface area contributed by atoms with Crippen LogP contribution in [0, 0.1) is 0 Å². The third kappa shape index (κ3) is 7.58. The van der Waals surface area contributed by atoms with Gasteiger partial charge in [-0.3, -0.25) is 4.79 Å². The average molecular weight is 234 g/mol. The van der Waals surface area contributed by atoms with E-state index in [1.54, 1.807) is 6.92 Å². The van der Waals surface area contributed by atoms with E-state index in [1.807, 2.05) is 0 Å². The fourth-order valence-corrected chi connectivity index (χ4v) is 1.17. The minimum absolute atomic E-state index is 0.0762. The topological polar surface area (TPSA) is 102 Å². The summed E-state index contributed by atoms with van der Waals surface area (Å²) < 4.78 is 0. The molecule has 0 aromatic heterocycles. The van der Waals surface area contributed by atoms with Crippen molar-refractivity contribution in [2.75, 3.05) is 26.2 Å². The molecule has 2 unspecified atom stereocenters. The molecule has 0 radical (unpaired) electrons. The second kappa shape index (κ2) is 9.53. The van der Waals surface area contributed by atoms with Crippen LogP contribution in [0.1, 0.15) is 19.8 Å². The zero-order chi connectivity index (χ0) is 12.4. The lowest BCUT2D eigenvalue weighted by Crippen LogP contribution is -2.37. The van der Waals surface area contributed by atoms with Gasteiger partial charge in [0, 0.05) is 6.54 Å². The highest BCUT2D eigenvalue weighted by Crippen LogP contribution is 2.01. The number of carbonyl (C=O) groups excluding carboxylic acids is 1. The lowest BCUT2D eigenvalue weighted by molar-refractivity contribution is -0.120. The van der Waals surface area contributed by atoms with Gasteiger partial charge in [0.25, 0.3) is 0 Å². The molecule has 0 aromatic carbocycles. The summed E-state index contributed by atoms with van der Waals surface area (Å²) in [5.74, 6) is -0.195. The summed E-state index contributed by atoms with van der Waals surface area (Å²) in [5.41, 5.74) is 0. The first-order chi connectivity index (χ1) is 7.61. The molecule has 96 valence electrons. The molecule has 6 nitrogen and oxygen atoms in total. The predicted octanol–water partition coefficient (Wildman–Crippen LogP) is -1.79. The van der Waals surface area contributed by atoms with Crippen LogP contribution in [0.3, 0.4) is 0 Å². The smallest absolute Gasteiger partial charge is 0.234 e. The Morgan fingerprint density at radius 1 is 1.25 bits per heavy atom. The summed E-state index contributed by atoms with van der Waals surface area (Å²) in [4.78, 5) is 11.0. The van der Waals surface area contributed by atoms with Crippen molar-refractivity contribution in [3.63, 3.8) is 0 Å². The highest BCUT2D eigenvalue weighted by atomic mass is 16.3. The molecule has 0 rings (SSSR count). The van der Waals surface area contributed by atoms with E-state index in [9.17, 15) is 15.0 Å². The number of hydrogen-bond donors (Lipinski definition) is 5. The SMILES string of the molecule is CCC(O)C(O)CCNCC(=O)NCCO. The number of nitrogens with one attached hydrogen (secondary N) is 2. The molecule has 6 heteroatoms. The Morgan fingerprint density at radius 3 is 2.50 bits per heavy atom. The fourth-order valence-electron chi connectivity index (χ4n) is 1.17. The monoisotopic (exact) mass is 234 g/mol. The van der Waals surface area contributed by atoms with Crippen LogP contribution in [0.2, 0.25) is 0 Å². The van der Waals surface area contributed by atoms with E-state index in [0.717, 1.165) is 0 Å². The Hall–Kier alpha value is -0.690. The molecule has 0 bridgehead atoms. The van der Waals surface area contributed by atoms with Gasteiger partial charge in [-0.05, 0) is 19.4 Å². The first kappa shape index (κ1) is 15.3. The van der Waals surface area contributed by atoms with Crippen molar-refractivity contribution in [2.45, 2.75) is 32.0 Å². The molecular weight excluding hydrogens is 212 g/mol. The Balaban J connectivity index is 3.42. The number of aliphatic hydroxyl groups excluding tert-OH is 3. The minimum atomic E-state index is -0.752. The van der Waals surface area contributed by atoms with Crippen LogP contribution in [-0.2, 0) is 4.79 Å². The van der Waals surface area contributed by atoms with E-state index in [2.05, 4.69) is 10.6 Å². The van der Waals surface area contributed by atoms with Crippen LogP contribution in [0.4, 0.5) is 0 Å². The molecule has 16 heavy (non-hydrogen) atoms. The maximum Gasteiger partial charge on any atom is 0.234 e. The number of hydrogen-bond acceptors (Lipinski definition) is 5. The van der Waals surface area contributed by atoms with Crippen LogP contribution in [-0.4, -0.2) is 59.7 Å². The molecule has 0 aliphatic carbocycles. The summed E-state index contributed by atoms with van der Waals surface area (Å²) in [5, 5.41) is 32.4. The Morgan fingerprint density at radius 2 is 1.94 bits per heavy atom. The number of rotatable bonds is 9. The predicted molar refractivity (Wildman–Crippen MR) is 59.9 cm³/mol. The summed E-state index contributed by atoms with van der Waals surface area (Å²) >= 11 is 0. The van der Waals surface area contributed by atoms with E-state index < -0.39 is 12.2 Å². The van der Waals surface area contributed by atoms with E-state index in [0.29, 0.717) is 19.4 Å². The van der Waals surface area contributed by atoms with Crippen molar-refractivity contribution in [2.24, 2.45) is 0 Å². The van der Waals surface area contributed by atoms with Gasteiger partial charge in [0.1, 0.15) is 0 Å². The molecule has 5 N–H and O–H groups in total. The van der Waals surface area contributed by atoms with Gasteiger partial charge < -0.3 is 26.0 Å². The minimum Gasteiger partial charge on any atom is -0.395 e. The number of carbonyl (C=O) groups is 1. The third-order valence-electron chi connectivity index (χ3n) is 2.20. The first-order valence-corrected chi connectivity index (χ1v) is 5.56. The molecule has 2 atom stereocenters. The van der Waals surface area contributed by atoms with E-state index in [1.165, 1.54) is 0 Å². The molecule has 0 saturated carbocycles.